The Kier molecular flexibility index (Phi) is 3.29. The lowest BCUT2D eigenvalue weighted by Crippen LogP contribution is -2.31. The van der Waals surface area contributed by atoms with E-state index in [0.717, 1.165) is 31.6 Å². The Balaban J connectivity index is 1.83. The van der Waals surface area contributed by atoms with Crippen LogP contribution in [0.25, 0.3) is 5.65 Å². The molecule has 0 unspecified atom stereocenters. The van der Waals surface area contributed by atoms with Crippen LogP contribution in [0.4, 0.5) is 0 Å². The van der Waals surface area contributed by atoms with Crippen LogP contribution in [-0.2, 0) is 6.42 Å². The zero-order valence-corrected chi connectivity index (χ0v) is 11.1. The van der Waals surface area contributed by atoms with E-state index < -0.39 is 0 Å². The summed E-state index contributed by atoms with van der Waals surface area (Å²) in [6, 6.07) is 3.65. The summed E-state index contributed by atoms with van der Waals surface area (Å²) in [7, 11) is 2.17. The number of nitrogens with zero attached hydrogens (tertiary/aromatic N) is 4. The van der Waals surface area contributed by atoms with Gasteiger partial charge in [0.25, 0.3) is 0 Å². The maximum absolute atomic E-state index is 11.0. The van der Waals surface area contributed by atoms with Crippen molar-refractivity contribution in [2.24, 2.45) is 5.92 Å². The largest absolute Gasteiger partial charge is 0.306 e. The molecule has 1 fully saturated rings. The standard InChI is InChI=1S/C14H18N4O/c1-17-7-4-11(5-8-17)9-13-15-16-14-12(10-19)3-2-6-18(13)14/h2-3,6,10-11H,4-5,7-9H2,1H3. The summed E-state index contributed by atoms with van der Waals surface area (Å²) >= 11 is 0. The summed E-state index contributed by atoms with van der Waals surface area (Å²) in [5.74, 6) is 1.64. The molecule has 19 heavy (non-hydrogen) atoms. The van der Waals surface area contributed by atoms with Crippen molar-refractivity contribution >= 4 is 11.9 Å². The van der Waals surface area contributed by atoms with Crippen LogP contribution in [0.3, 0.4) is 0 Å². The number of fused-ring (bicyclic) bond motifs is 1. The molecule has 3 heterocycles. The Morgan fingerprint density at radius 1 is 1.37 bits per heavy atom. The highest BCUT2D eigenvalue weighted by molar-refractivity contribution is 5.83. The quantitative estimate of drug-likeness (QED) is 0.781. The predicted octanol–water partition coefficient (Wildman–Crippen LogP) is 1.43. The number of carbonyl (C=O) groups is 1. The van der Waals surface area contributed by atoms with E-state index in [0.29, 0.717) is 17.1 Å². The summed E-state index contributed by atoms with van der Waals surface area (Å²) in [5.41, 5.74) is 1.27. The highest BCUT2D eigenvalue weighted by Crippen LogP contribution is 2.20. The molecular weight excluding hydrogens is 240 g/mol. The second-order valence-electron chi connectivity index (χ2n) is 5.34. The number of rotatable bonds is 3. The fraction of sp³-hybridized carbons (Fsp3) is 0.500. The molecular formula is C14H18N4O. The number of piperidine rings is 1. The third-order valence-corrected chi connectivity index (χ3v) is 3.97. The van der Waals surface area contributed by atoms with Crippen molar-refractivity contribution in [3.63, 3.8) is 0 Å². The van der Waals surface area contributed by atoms with Crippen LogP contribution in [0, 0.1) is 5.92 Å². The van der Waals surface area contributed by atoms with Gasteiger partial charge >= 0.3 is 0 Å². The van der Waals surface area contributed by atoms with E-state index in [9.17, 15) is 4.79 Å². The molecule has 0 N–H and O–H groups in total. The molecule has 5 heteroatoms. The number of hydrogen-bond acceptors (Lipinski definition) is 4. The lowest BCUT2D eigenvalue weighted by Gasteiger charge is -2.28. The second kappa shape index (κ2) is 5.09. The molecule has 1 saturated heterocycles. The molecule has 2 aromatic heterocycles. The minimum atomic E-state index is 0.602. The smallest absolute Gasteiger partial charge is 0.171 e. The van der Waals surface area contributed by atoms with E-state index in [1.807, 2.05) is 16.7 Å². The summed E-state index contributed by atoms with van der Waals surface area (Å²) in [4.78, 5) is 13.3. The molecule has 5 nitrogen and oxygen atoms in total. The Morgan fingerprint density at radius 3 is 2.89 bits per heavy atom. The lowest BCUT2D eigenvalue weighted by atomic mass is 9.93. The summed E-state index contributed by atoms with van der Waals surface area (Å²) in [6.45, 7) is 2.31. The number of aromatic nitrogens is 3. The molecule has 1 aliphatic rings. The molecule has 100 valence electrons. The highest BCUT2D eigenvalue weighted by atomic mass is 16.1. The molecule has 0 spiro atoms. The minimum Gasteiger partial charge on any atom is -0.306 e. The van der Waals surface area contributed by atoms with Crippen LogP contribution in [0.5, 0.6) is 0 Å². The van der Waals surface area contributed by atoms with Gasteiger partial charge in [-0.05, 0) is 51.0 Å². The van der Waals surface area contributed by atoms with Crippen molar-refractivity contribution < 1.29 is 4.79 Å². The van der Waals surface area contributed by atoms with Crippen LogP contribution < -0.4 is 0 Å². The van der Waals surface area contributed by atoms with Gasteiger partial charge in [0.2, 0.25) is 0 Å². The molecule has 3 rings (SSSR count). The van der Waals surface area contributed by atoms with Crippen molar-refractivity contribution in [3.8, 4) is 0 Å². The topological polar surface area (TPSA) is 50.5 Å². The van der Waals surface area contributed by atoms with E-state index in [2.05, 4.69) is 22.1 Å². The van der Waals surface area contributed by atoms with Gasteiger partial charge < -0.3 is 4.90 Å². The molecule has 1 aliphatic heterocycles. The van der Waals surface area contributed by atoms with E-state index >= 15 is 0 Å². The number of likely N-dealkylation sites (tertiary alicyclic amines) is 1. The van der Waals surface area contributed by atoms with Crippen LogP contribution >= 0.6 is 0 Å². The Morgan fingerprint density at radius 2 is 2.16 bits per heavy atom. The lowest BCUT2D eigenvalue weighted by molar-refractivity contribution is 0.112. The van der Waals surface area contributed by atoms with E-state index in [1.165, 1.54) is 12.8 Å². The van der Waals surface area contributed by atoms with Gasteiger partial charge in [0.1, 0.15) is 5.82 Å². The van der Waals surface area contributed by atoms with Gasteiger partial charge in [0.05, 0.1) is 5.56 Å². The zero-order valence-electron chi connectivity index (χ0n) is 11.1. The summed E-state index contributed by atoms with van der Waals surface area (Å²) < 4.78 is 1.95. The first-order valence-electron chi connectivity index (χ1n) is 6.74. The molecule has 0 aromatic carbocycles. The van der Waals surface area contributed by atoms with E-state index in [-0.39, 0.29) is 0 Å². The summed E-state index contributed by atoms with van der Waals surface area (Å²) in [5, 5.41) is 8.40. The van der Waals surface area contributed by atoms with Crippen molar-refractivity contribution in [2.45, 2.75) is 19.3 Å². The average Bonchev–Trinajstić information content (AvgIpc) is 2.84. The first-order chi connectivity index (χ1) is 9.28. The monoisotopic (exact) mass is 258 g/mol. The van der Waals surface area contributed by atoms with Crippen LogP contribution in [0.2, 0.25) is 0 Å². The molecule has 0 saturated carbocycles. The first kappa shape index (κ1) is 12.3. The predicted molar refractivity (Wildman–Crippen MR) is 72.3 cm³/mol. The second-order valence-corrected chi connectivity index (χ2v) is 5.34. The van der Waals surface area contributed by atoms with Crippen molar-refractivity contribution in [1.29, 1.82) is 0 Å². The molecule has 0 bridgehead atoms. The van der Waals surface area contributed by atoms with Crippen molar-refractivity contribution in [1.82, 2.24) is 19.5 Å². The number of aldehydes is 1. The third-order valence-electron chi connectivity index (χ3n) is 3.97. The molecule has 0 radical (unpaired) electrons. The van der Waals surface area contributed by atoms with Crippen LogP contribution in [0.15, 0.2) is 18.3 Å². The molecule has 0 aliphatic carbocycles. The van der Waals surface area contributed by atoms with E-state index in [1.54, 1.807) is 6.07 Å². The molecule has 2 aromatic rings. The average molecular weight is 258 g/mol. The van der Waals surface area contributed by atoms with E-state index in [4.69, 9.17) is 0 Å². The van der Waals surface area contributed by atoms with Crippen LogP contribution in [0.1, 0.15) is 29.0 Å². The maximum atomic E-state index is 11.0. The van der Waals surface area contributed by atoms with Gasteiger partial charge in [-0.3, -0.25) is 9.20 Å². The van der Waals surface area contributed by atoms with Crippen LogP contribution in [-0.4, -0.2) is 45.9 Å². The fourth-order valence-corrected chi connectivity index (χ4v) is 2.74. The fourth-order valence-electron chi connectivity index (χ4n) is 2.74. The number of hydrogen-bond donors (Lipinski definition) is 0. The summed E-state index contributed by atoms with van der Waals surface area (Å²) in [6.07, 6.45) is 6.13. The van der Waals surface area contributed by atoms with Crippen molar-refractivity contribution in [2.75, 3.05) is 20.1 Å². The van der Waals surface area contributed by atoms with Gasteiger partial charge in [-0.1, -0.05) is 0 Å². The van der Waals surface area contributed by atoms with Gasteiger partial charge in [0.15, 0.2) is 11.9 Å². The van der Waals surface area contributed by atoms with Crippen molar-refractivity contribution in [3.05, 3.63) is 29.7 Å². The Hall–Kier alpha value is -1.75. The zero-order chi connectivity index (χ0) is 13.2. The van der Waals surface area contributed by atoms with Gasteiger partial charge in [0, 0.05) is 12.6 Å². The Labute approximate surface area is 112 Å². The van der Waals surface area contributed by atoms with Gasteiger partial charge in [-0.15, -0.1) is 10.2 Å². The highest BCUT2D eigenvalue weighted by Gasteiger charge is 2.19. The number of carbonyl (C=O) groups excluding carboxylic acids is 1. The minimum absolute atomic E-state index is 0.602. The first-order valence-corrected chi connectivity index (χ1v) is 6.74. The van der Waals surface area contributed by atoms with Gasteiger partial charge in [-0.25, -0.2) is 0 Å². The SMILES string of the molecule is CN1CCC(Cc2nnc3c(C=O)cccn23)CC1. The third kappa shape index (κ3) is 2.38. The molecule has 0 amide bonds. The maximum Gasteiger partial charge on any atom is 0.171 e. The van der Waals surface area contributed by atoms with Gasteiger partial charge in [-0.2, -0.15) is 0 Å². The number of pyridine rings is 1. The molecule has 0 atom stereocenters. The normalized spacial score (nSPS) is 17.9. The Bertz CT molecular complexity index is 584.